The van der Waals surface area contributed by atoms with Crippen molar-refractivity contribution in [1.82, 2.24) is 30.6 Å². The first-order chi connectivity index (χ1) is 11.7. The van der Waals surface area contributed by atoms with Crippen LogP contribution in [0.5, 0.6) is 0 Å². The number of hydrogen-bond acceptors (Lipinski definition) is 8. The van der Waals surface area contributed by atoms with Crippen LogP contribution in [-0.2, 0) is 4.74 Å². The van der Waals surface area contributed by atoms with Crippen LogP contribution in [0.4, 0.5) is 5.69 Å². The average Bonchev–Trinajstić information content (AvgIpc) is 3.25. The molecule has 10 nitrogen and oxygen atoms in total. The van der Waals surface area contributed by atoms with Crippen molar-refractivity contribution in [3.63, 3.8) is 0 Å². The quantitative estimate of drug-likeness (QED) is 0.469. The summed E-state index contributed by atoms with van der Waals surface area (Å²) in [4.78, 5) is 18.7. The van der Waals surface area contributed by atoms with E-state index in [1.807, 2.05) is 6.07 Å². The first-order valence-corrected chi connectivity index (χ1v) is 6.98. The first-order valence-electron chi connectivity index (χ1n) is 6.98. The van der Waals surface area contributed by atoms with Gasteiger partial charge in [0.2, 0.25) is 11.6 Å². The number of ether oxygens (including phenoxy) is 1. The molecular weight excluding hydrogens is 312 g/mol. The minimum absolute atomic E-state index is 0.143. The Morgan fingerprint density at radius 3 is 3.08 bits per heavy atom. The maximum atomic E-state index is 11.7. The standard InChI is InChI=1S/C14H12N8O2/c1-2-24-14(23)13-17-10-4-3-9(5-11(10)18-13)16-7-8(6-15)12-19-21-22-20-12/h3-5,7,16H,2H2,1H3,(H,17,18)(H,19,20,21,22). The van der Waals surface area contributed by atoms with E-state index in [0.717, 1.165) is 0 Å². The number of carbonyl (C=O) groups is 1. The van der Waals surface area contributed by atoms with E-state index in [4.69, 9.17) is 10.00 Å². The van der Waals surface area contributed by atoms with Crippen LogP contribution in [-0.4, -0.2) is 43.2 Å². The molecule has 0 spiro atoms. The number of fused-ring (bicyclic) bond motifs is 1. The number of aromatic amines is 2. The third-order valence-electron chi connectivity index (χ3n) is 3.04. The summed E-state index contributed by atoms with van der Waals surface area (Å²) in [6.45, 7) is 2.01. The van der Waals surface area contributed by atoms with Gasteiger partial charge >= 0.3 is 5.97 Å². The van der Waals surface area contributed by atoms with Gasteiger partial charge in [0.15, 0.2) is 0 Å². The Morgan fingerprint density at radius 2 is 2.38 bits per heavy atom. The lowest BCUT2D eigenvalue weighted by Gasteiger charge is -2.00. The number of nitriles is 1. The van der Waals surface area contributed by atoms with E-state index in [9.17, 15) is 4.79 Å². The van der Waals surface area contributed by atoms with Crippen LogP contribution in [0.15, 0.2) is 24.4 Å². The van der Waals surface area contributed by atoms with Gasteiger partial charge in [0, 0.05) is 11.9 Å². The number of rotatable bonds is 5. The maximum Gasteiger partial charge on any atom is 0.374 e. The van der Waals surface area contributed by atoms with Crippen molar-refractivity contribution in [2.45, 2.75) is 6.92 Å². The summed E-state index contributed by atoms with van der Waals surface area (Å²) in [6, 6.07) is 7.24. The summed E-state index contributed by atoms with van der Waals surface area (Å²) in [5, 5.41) is 25.3. The second-order valence-electron chi connectivity index (χ2n) is 4.59. The molecule has 0 bridgehead atoms. The normalized spacial score (nSPS) is 11.2. The number of nitrogens with zero attached hydrogens (tertiary/aromatic N) is 5. The third-order valence-corrected chi connectivity index (χ3v) is 3.04. The average molecular weight is 324 g/mol. The molecule has 1 aromatic carbocycles. The Morgan fingerprint density at radius 1 is 1.50 bits per heavy atom. The SMILES string of the molecule is CCOC(=O)c1nc2ccc(NC=C(C#N)c3nn[nH]n3)cc2[nH]1. The lowest BCUT2D eigenvalue weighted by molar-refractivity contribution is 0.0514. The predicted octanol–water partition coefficient (Wildman–Crippen LogP) is 1.23. The Bertz CT molecular complexity index is 935. The number of tetrazole rings is 1. The molecule has 3 N–H and O–H groups in total. The zero-order valence-electron chi connectivity index (χ0n) is 12.6. The number of imidazole rings is 1. The second-order valence-corrected chi connectivity index (χ2v) is 4.59. The number of esters is 1. The van der Waals surface area contributed by atoms with Crippen LogP contribution in [0.25, 0.3) is 16.6 Å². The van der Waals surface area contributed by atoms with Crippen LogP contribution in [0.2, 0.25) is 0 Å². The molecule has 0 unspecified atom stereocenters. The molecule has 0 amide bonds. The molecule has 24 heavy (non-hydrogen) atoms. The van der Waals surface area contributed by atoms with Crippen molar-refractivity contribution in [3.05, 3.63) is 36.0 Å². The zero-order chi connectivity index (χ0) is 16.9. The number of carbonyl (C=O) groups excluding carboxylic acids is 1. The van der Waals surface area contributed by atoms with Gasteiger partial charge in [-0.2, -0.15) is 10.5 Å². The summed E-state index contributed by atoms with van der Waals surface area (Å²) in [5.41, 5.74) is 2.21. The molecule has 2 heterocycles. The molecule has 2 aromatic heterocycles. The molecule has 3 aromatic rings. The Labute approximate surface area is 135 Å². The van der Waals surface area contributed by atoms with E-state index in [2.05, 4.69) is 35.9 Å². The molecule has 0 atom stereocenters. The zero-order valence-corrected chi connectivity index (χ0v) is 12.6. The van der Waals surface area contributed by atoms with E-state index >= 15 is 0 Å². The fourth-order valence-corrected chi connectivity index (χ4v) is 1.97. The van der Waals surface area contributed by atoms with Gasteiger partial charge in [0.05, 0.1) is 17.6 Å². The van der Waals surface area contributed by atoms with Crippen molar-refractivity contribution in [1.29, 1.82) is 5.26 Å². The Balaban J connectivity index is 1.83. The minimum Gasteiger partial charge on any atom is -0.460 e. The highest BCUT2D eigenvalue weighted by Crippen LogP contribution is 2.18. The Kier molecular flexibility index (Phi) is 4.15. The lowest BCUT2D eigenvalue weighted by Crippen LogP contribution is -2.06. The number of anilines is 1. The number of hydrogen-bond donors (Lipinski definition) is 3. The largest absolute Gasteiger partial charge is 0.460 e. The van der Waals surface area contributed by atoms with Gasteiger partial charge in [0.1, 0.15) is 11.6 Å². The molecular formula is C14H12N8O2. The molecule has 0 saturated carbocycles. The van der Waals surface area contributed by atoms with Crippen LogP contribution in [0.3, 0.4) is 0 Å². The highest BCUT2D eigenvalue weighted by Gasteiger charge is 2.12. The lowest BCUT2D eigenvalue weighted by atomic mass is 10.2. The molecule has 3 rings (SSSR count). The van der Waals surface area contributed by atoms with E-state index in [1.54, 1.807) is 25.1 Å². The van der Waals surface area contributed by atoms with Crippen molar-refractivity contribution >= 4 is 28.3 Å². The van der Waals surface area contributed by atoms with Crippen LogP contribution < -0.4 is 5.32 Å². The van der Waals surface area contributed by atoms with Gasteiger partial charge in [-0.25, -0.2) is 9.78 Å². The number of allylic oxidation sites excluding steroid dienone is 1. The summed E-state index contributed by atoms with van der Waals surface area (Å²) in [5.74, 6) is -0.173. The van der Waals surface area contributed by atoms with Gasteiger partial charge in [0.25, 0.3) is 0 Å². The fourth-order valence-electron chi connectivity index (χ4n) is 1.97. The molecule has 0 aliphatic heterocycles. The van der Waals surface area contributed by atoms with Crippen LogP contribution >= 0.6 is 0 Å². The van der Waals surface area contributed by atoms with E-state index < -0.39 is 5.97 Å². The molecule has 0 radical (unpaired) electrons. The van der Waals surface area contributed by atoms with Crippen LogP contribution in [0.1, 0.15) is 23.4 Å². The molecule has 0 aliphatic carbocycles. The van der Waals surface area contributed by atoms with Gasteiger partial charge in [-0.05, 0) is 30.3 Å². The van der Waals surface area contributed by atoms with E-state index in [0.29, 0.717) is 16.7 Å². The summed E-state index contributed by atoms with van der Waals surface area (Å²) in [7, 11) is 0. The van der Waals surface area contributed by atoms with Gasteiger partial charge in [-0.15, -0.1) is 10.2 Å². The predicted molar refractivity (Wildman–Crippen MR) is 83.4 cm³/mol. The maximum absolute atomic E-state index is 11.7. The fraction of sp³-hybridized carbons (Fsp3) is 0.143. The van der Waals surface area contributed by atoms with Gasteiger partial charge in [-0.3, -0.25) is 0 Å². The summed E-state index contributed by atoms with van der Waals surface area (Å²) in [6.07, 6.45) is 1.47. The molecule has 0 aliphatic rings. The monoisotopic (exact) mass is 324 g/mol. The molecule has 0 fully saturated rings. The Hall–Kier alpha value is -3.74. The number of H-pyrrole nitrogens is 2. The first kappa shape index (κ1) is 15.2. The van der Waals surface area contributed by atoms with E-state index in [1.165, 1.54) is 6.20 Å². The highest BCUT2D eigenvalue weighted by molar-refractivity contribution is 5.91. The molecule has 120 valence electrons. The number of aromatic nitrogens is 6. The molecule has 10 heteroatoms. The second kappa shape index (κ2) is 6.57. The number of benzene rings is 1. The molecule has 0 saturated heterocycles. The van der Waals surface area contributed by atoms with Gasteiger partial charge < -0.3 is 15.0 Å². The highest BCUT2D eigenvalue weighted by atomic mass is 16.5. The number of nitrogens with one attached hydrogen (secondary N) is 3. The topological polar surface area (TPSA) is 145 Å². The minimum atomic E-state index is -0.507. The third kappa shape index (κ3) is 3.05. The van der Waals surface area contributed by atoms with Crippen molar-refractivity contribution in [2.75, 3.05) is 11.9 Å². The van der Waals surface area contributed by atoms with Crippen molar-refractivity contribution in [2.24, 2.45) is 0 Å². The smallest absolute Gasteiger partial charge is 0.374 e. The summed E-state index contributed by atoms with van der Waals surface area (Å²) < 4.78 is 4.91. The van der Waals surface area contributed by atoms with Crippen molar-refractivity contribution < 1.29 is 9.53 Å². The summed E-state index contributed by atoms with van der Waals surface area (Å²) >= 11 is 0. The van der Waals surface area contributed by atoms with Gasteiger partial charge in [-0.1, -0.05) is 0 Å². The van der Waals surface area contributed by atoms with Crippen molar-refractivity contribution in [3.8, 4) is 6.07 Å². The van der Waals surface area contributed by atoms with Crippen LogP contribution in [0, 0.1) is 11.3 Å². The van der Waals surface area contributed by atoms with E-state index in [-0.39, 0.29) is 23.8 Å².